The third-order valence-electron chi connectivity index (χ3n) is 5.63. The van der Waals surface area contributed by atoms with Gasteiger partial charge < -0.3 is 4.74 Å². The number of sulfonamides is 1. The molecule has 2 fully saturated rings. The van der Waals surface area contributed by atoms with Crippen LogP contribution in [0.3, 0.4) is 0 Å². The fraction of sp³-hybridized carbons (Fsp3) is 0.429. The van der Waals surface area contributed by atoms with Crippen LogP contribution in [-0.4, -0.2) is 30.8 Å². The highest BCUT2D eigenvalue weighted by molar-refractivity contribution is 7.90. The van der Waals surface area contributed by atoms with Crippen molar-refractivity contribution in [3.63, 3.8) is 0 Å². The lowest BCUT2D eigenvalue weighted by Crippen LogP contribution is -2.43. The van der Waals surface area contributed by atoms with E-state index in [1.165, 1.54) is 6.07 Å². The van der Waals surface area contributed by atoms with Crippen LogP contribution < -0.4 is 9.46 Å². The van der Waals surface area contributed by atoms with Crippen molar-refractivity contribution >= 4 is 15.9 Å². The first-order valence-corrected chi connectivity index (χ1v) is 11.4. The number of halogens is 3. The van der Waals surface area contributed by atoms with Gasteiger partial charge in [-0.1, -0.05) is 18.2 Å². The minimum Gasteiger partial charge on any atom is -0.477 e. The number of hydrogen-bond donors (Lipinski definition) is 1. The van der Waals surface area contributed by atoms with Gasteiger partial charge in [0.05, 0.1) is 0 Å². The van der Waals surface area contributed by atoms with Crippen molar-refractivity contribution in [2.24, 2.45) is 0 Å². The Morgan fingerprint density at radius 1 is 1.19 bits per heavy atom. The molecular weight excluding hydrogens is 433 g/mol. The summed E-state index contributed by atoms with van der Waals surface area (Å²) in [6.07, 6.45) is 0.310. The summed E-state index contributed by atoms with van der Waals surface area (Å²) in [6, 6.07) is 8.40. The second-order valence-electron chi connectivity index (χ2n) is 8.17. The summed E-state index contributed by atoms with van der Waals surface area (Å²) in [5, 5.41) is -0.624. The lowest BCUT2D eigenvalue weighted by molar-refractivity contribution is -0.128. The molecule has 0 spiro atoms. The summed E-state index contributed by atoms with van der Waals surface area (Å²) >= 11 is 0. The summed E-state index contributed by atoms with van der Waals surface area (Å²) in [4.78, 5) is 16.1. The van der Waals surface area contributed by atoms with Crippen LogP contribution in [0.4, 0.5) is 13.2 Å². The Morgan fingerprint density at radius 3 is 2.55 bits per heavy atom. The van der Waals surface area contributed by atoms with Crippen LogP contribution in [0.1, 0.15) is 49.1 Å². The summed E-state index contributed by atoms with van der Waals surface area (Å²) in [5.41, 5.74) is -0.0304. The van der Waals surface area contributed by atoms with Crippen LogP contribution in [-0.2, 0) is 14.8 Å². The van der Waals surface area contributed by atoms with Crippen molar-refractivity contribution in [3.05, 3.63) is 53.5 Å². The average Bonchev–Trinajstić information content (AvgIpc) is 3.37. The van der Waals surface area contributed by atoms with Crippen LogP contribution >= 0.6 is 0 Å². The van der Waals surface area contributed by atoms with Gasteiger partial charge in [0.1, 0.15) is 5.75 Å². The van der Waals surface area contributed by atoms with Crippen LogP contribution in [0.2, 0.25) is 0 Å². The minimum absolute atomic E-state index is 0.213. The van der Waals surface area contributed by atoms with Crippen LogP contribution in [0.25, 0.3) is 0 Å². The summed E-state index contributed by atoms with van der Waals surface area (Å²) in [6.45, 7) is 1.81. The maximum Gasteiger partial charge on any atom is 0.281 e. The molecule has 6 nitrogen and oxygen atoms in total. The first-order valence-electron chi connectivity index (χ1n) is 9.87. The minimum atomic E-state index is -4.40. The zero-order valence-corrected chi connectivity index (χ0v) is 17.5. The van der Waals surface area contributed by atoms with E-state index in [0.717, 1.165) is 17.7 Å². The zero-order valence-electron chi connectivity index (χ0n) is 16.7. The van der Waals surface area contributed by atoms with Crippen molar-refractivity contribution < 1.29 is 31.1 Å². The molecule has 1 amide bonds. The average molecular weight is 454 g/mol. The van der Waals surface area contributed by atoms with E-state index in [-0.39, 0.29) is 25.7 Å². The van der Waals surface area contributed by atoms with Crippen LogP contribution in [0.15, 0.2) is 41.4 Å². The number of amides is 1. The zero-order chi connectivity index (χ0) is 22.4. The normalized spacial score (nSPS) is 21.5. The predicted octanol–water partition coefficient (Wildman–Crippen LogP) is 3.85. The Labute approximate surface area is 177 Å². The molecule has 0 saturated heterocycles. The molecule has 1 aromatic heterocycles. The number of alkyl halides is 2. The first kappa shape index (κ1) is 21.6. The van der Waals surface area contributed by atoms with E-state index < -0.39 is 44.3 Å². The van der Waals surface area contributed by atoms with Crippen LogP contribution in [0.5, 0.6) is 5.75 Å². The lowest BCUT2D eigenvalue weighted by Gasteiger charge is -2.22. The molecule has 2 aliphatic carbocycles. The van der Waals surface area contributed by atoms with Crippen molar-refractivity contribution in [1.29, 1.82) is 0 Å². The molecule has 0 aliphatic heterocycles. The molecule has 1 N–H and O–H groups in total. The highest BCUT2D eigenvalue weighted by atomic mass is 32.2. The quantitative estimate of drug-likeness (QED) is 0.671. The molecule has 2 saturated carbocycles. The molecule has 1 unspecified atom stereocenters. The number of hydrogen-bond acceptors (Lipinski definition) is 5. The SMILES string of the molecule is Cc1ccc(C2CCC(F)(F)C2)c(OC2(C(=O)NS(=O)(=O)c3cccc(F)n3)CC2)c1. The number of pyridine rings is 1. The largest absolute Gasteiger partial charge is 0.477 e. The van der Waals surface area contributed by atoms with E-state index in [1.807, 2.05) is 4.72 Å². The third kappa shape index (κ3) is 4.53. The maximum absolute atomic E-state index is 13.7. The molecule has 1 atom stereocenters. The molecule has 166 valence electrons. The van der Waals surface area contributed by atoms with Crippen LogP contribution in [0, 0.1) is 12.9 Å². The second kappa shape index (κ2) is 7.51. The maximum atomic E-state index is 13.7. The Balaban J connectivity index is 1.56. The van der Waals surface area contributed by atoms with Gasteiger partial charge in [-0.3, -0.25) is 4.79 Å². The van der Waals surface area contributed by atoms with Crippen molar-refractivity contribution in [3.8, 4) is 5.75 Å². The fourth-order valence-corrected chi connectivity index (χ4v) is 4.79. The standard InChI is InChI=1S/C21H21F3N2O4S/c1-13-5-6-15(14-7-8-21(23,24)12-14)16(11-13)30-20(9-10-20)19(27)26-31(28,29)18-4-2-3-17(22)25-18/h2-6,11,14H,7-10,12H2,1H3,(H,26,27). The number of rotatable bonds is 6. The number of ether oxygens (including phenoxy) is 1. The number of nitrogens with zero attached hydrogens (tertiary/aromatic N) is 1. The van der Waals surface area contributed by atoms with E-state index in [4.69, 9.17) is 4.74 Å². The summed E-state index contributed by atoms with van der Waals surface area (Å²) in [7, 11) is -4.40. The van der Waals surface area contributed by atoms with Gasteiger partial charge in [0.2, 0.25) is 11.9 Å². The van der Waals surface area contributed by atoms with Gasteiger partial charge >= 0.3 is 0 Å². The molecule has 0 radical (unpaired) electrons. The second-order valence-corrected chi connectivity index (χ2v) is 9.80. The number of carbonyl (C=O) groups excluding carboxylic acids is 1. The van der Waals surface area contributed by atoms with Crippen molar-refractivity contribution in [1.82, 2.24) is 9.71 Å². The molecule has 10 heteroatoms. The number of aryl methyl sites for hydroxylation is 1. The van der Waals surface area contributed by atoms with Crippen molar-refractivity contribution in [2.75, 3.05) is 0 Å². The van der Waals surface area contributed by atoms with Gasteiger partial charge in [-0.15, -0.1) is 0 Å². The van der Waals surface area contributed by atoms with Gasteiger partial charge in [0.15, 0.2) is 10.6 Å². The number of benzene rings is 1. The highest BCUT2D eigenvalue weighted by Crippen LogP contribution is 2.49. The Kier molecular flexibility index (Phi) is 5.23. The molecule has 2 aliphatic rings. The predicted molar refractivity (Wildman–Crippen MR) is 105 cm³/mol. The molecule has 4 rings (SSSR count). The van der Waals surface area contributed by atoms with E-state index in [9.17, 15) is 26.4 Å². The van der Waals surface area contributed by atoms with E-state index >= 15 is 0 Å². The van der Waals surface area contributed by atoms with Gasteiger partial charge in [-0.2, -0.15) is 12.8 Å². The van der Waals surface area contributed by atoms with Crippen molar-refractivity contribution in [2.45, 2.75) is 61.5 Å². The monoisotopic (exact) mass is 454 g/mol. The Hall–Kier alpha value is -2.62. The highest BCUT2D eigenvalue weighted by Gasteiger charge is 2.55. The van der Waals surface area contributed by atoms with Gasteiger partial charge in [0, 0.05) is 25.7 Å². The molecule has 31 heavy (non-hydrogen) atoms. The number of aromatic nitrogens is 1. The van der Waals surface area contributed by atoms with E-state index in [0.29, 0.717) is 17.7 Å². The molecular formula is C21H21F3N2O4S. The number of nitrogens with one attached hydrogen (secondary N) is 1. The van der Waals surface area contributed by atoms with E-state index in [2.05, 4.69) is 4.98 Å². The topological polar surface area (TPSA) is 85.4 Å². The summed E-state index contributed by atoms with van der Waals surface area (Å²) in [5.74, 6) is -4.75. The fourth-order valence-electron chi connectivity index (χ4n) is 3.79. The molecule has 2 aromatic rings. The molecule has 1 heterocycles. The lowest BCUT2D eigenvalue weighted by atomic mass is 9.95. The van der Waals surface area contributed by atoms with Gasteiger partial charge in [-0.25, -0.2) is 18.5 Å². The summed E-state index contributed by atoms with van der Waals surface area (Å²) < 4.78 is 73.5. The molecule has 0 bridgehead atoms. The van der Waals surface area contributed by atoms with E-state index in [1.54, 1.807) is 25.1 Å². The Morgan fingerprint density at radius 2 is 1.94 bits per heavy atom. The first-order chi connectivity index (χ1) is 14.5. The van der Waals surface area contributed by atoms with Gasteiger partial charge in [-0.05, 0) is 48.6 Å². The third-order valence-corrected chi connectivity index (χ3v) is 6.86. The molecule has 1 aromatic carbocycles. The smallest absolute Gasteiger partial charge is 0.281 e. The van der Waals surface area contributed by atoms with Gasteiger partial charge in [0.25, 0.3) is 15.9 Å². The number of carbonyl (C=O) groups is 1. The Bertz CT molecular complexity index is 1130.